The Hall–Kier alpha value is -2.43. The lowest BCUT2D eigenvalue weighted by Gasteiger charge is -2.12. The van der Waals surface area contributed by atoms with E-state index in [0.29, 0.717) is 12.3 Å². The quantitative estimate of drug-likeness (QED) is 0.238. The summed E-state index contributed by atoms with van der Waals surface area (Å²) in [6.45, 7) is 6.54. The van der Waals surface area contributed by atoms with E-state index in [1.165, 1.54) is 32.1 Å². The van der Waals surface area contributed by atoms with Crippen LogP contribution in [0.1, 0.15) is 70.8 Å². The van der Waals surface area contributed by atoms with E-state index in [1.807, 2.05) is 24.3 Å². The average molecular weight is 402 g/mol. The Morgan fingerprint density at radius 1 is 1.00 bits per heavy atom. The smallest absolute Gasteiger partial charge is 0.313 e. The number of rotatable bonds is 12. The third-order valence-electron chi connectivity index (χ3n) is 4.90. The first-order valence-electron chi connectivity index (χ1n) is 10.6. The number of halogens is 1. The van der Waals surface area contributed by atoms with Crippen LogP contribution in [0, 0.1) is 5.95 Å². The number of aromatic nitrogens is 1. The molecule has 158 valence electrons. The zero-order valence-corrected chi connectivity index (χ0v) is 17.7. The van der Waals surface area contributed by atoms with Crippen LogP contribution in [0.2, 0.25) is 0 Å². The van der Waals surface area contributed by atoms with Crippen LogP contribution < -0.4 is 4.74 Å². The van der Waals surface area contributed by atoms with Crippen molar-refractivity contribution in [1.29, 1.82) is 0 Å². The predicted octanol–water partition coefficient (Wildman–Crippen LogP) is 6.29. The summed E-state index contributed by atoms with van der Waals surface area (Å²) in [4.78, 5) is 15.9. The third kappa shape index (κ3) is 7.15. The molecule has 0 aliphatic carbocycles. The van der Waals surface area contributed by atoms with E-state index in [0.717, 1.165) is 17.7 Å². The minimum Gasteiger partial charge on any atom is -0.494 e. The molecule has 0 fully saturated rings. The van der Waals surface area contributed by atoms with E-state index in [1.54, 1.807) is 26.0 Å². The highest BCUT2D eigenvalue weighted by Gasteiger charge is 2.21. The van der Waals surface area contributed by atoms with E-state index in [4.69, 9.17) is 9.47 Å². The highest BCUT2D eigenvalue weighted by molar-refractivity contribution is 5.77. The molecule has 0 aliphatic rings. The van der Waals surface area contributed by atoms with Crippen molar-refractivity contribution in [2.24, 2.45) is 0 Å². The predicted molar refractivity (Wildman–Crippen MR) is 114 cm³/mol. The van der Waals surface area contributed by atoms with Crippen LogP contribution >= 0.6 is 0 Å². The summed E-state index contributed by atoms with van der Waals surface area (Å²) in [6.07, 6.45) is 7.37. The lowest BCUT2D eigenvalue weighted by atomic mass is 10.0. The molecule has 1 aromatic heterocycles. The maximum atomic E-state index is 14.4. The summed E-state index contributed by atoms with van der Waals surface area (Å²) in [5.41, 5.74) is 1.56. The largest absolute Gasteiger partial charge is 0.494 e. The van der Waals surface area contributed by atoms with Gasteiger partial charge in [0.1, 0.15) is 5.75 Å². The van der Waals surface area contributed by atoms with Crippen molar-refractivity contribution >= 4 is 5.97 Å². The topological polar surface area (TPSA) is 48.4 Å². The Balaban J connectivity index is 1.91. The zero-order valence-electron chi connectivity index (χ0n) is 17.7. The van der Waals surface area contributed by atoms with Crippen molar-refractivity contribution in [3.05, 3.63) is 47.9 Å². The molecule has 0 radical (unpaired) electrons. The van der Waals surface area contributed by atoms with Gasteiger partial charge in [-0.2, -0.15) is 4.39 Å². The molecular weight excluding hydrogens is 369 g/mol. The fourth-order valence-corrected chi connectivity index (χ4v) is 3.12. The minimum absolute atomic E-state index is 0.242. The molecule has 1 aromatic carbocycles. The standard InChI is InChI=1S/C24H32FNO3/c1-4-6-7-8-9-10-17-29-20-13-11-19(12-14-20)22-16-15-21(23(25)26-22)18(3)24(27)28-5-2/h11-16,18H,4-10,17H2,1-3H3. The van der Waals surface area contributed by atoms with Crippen LogP contribution in [0.3, 0.4) is 0 Å². The van der Waals surface area contributed by atoms with Crippen LogP contribution in [-0.4, -0.2) is 24.2 Å². The van der Waals surface area contributed by atoms with Gasteiger partial charge in [0, 0.05) is 11.1 Å². The lowest BCUT2D eigenvalue weighted by Crippen LogP contribution is -2.15. The molecule has 0 saturated carbocycles. The van der Waals surface area contributed by atoms with Crippen molar-refractivity contribution in [2.45, 2.75) is 65.2 Å². The van der Waals surface area contributed by atoms with Gasteiger partial charge in [-0.1, -0.05) is 45.1 Å². The SMILES string of the molecule is CCCCCCCCOc1ccc(-c2ccc(C(C)C(=O)OCC)c(F)n2)cc1. The summed E-state index contributed by atoms with van der Waals surface area (Å²) in [7, 11) is 0. The maximum absolute atomic E-state index is 14.4. The van der Waals surface area contributed by atoms with Gasteiger partial charge in [-0.05, 0) is 50.6 Å². The van der Waals surface area contributed by atoms with Crippen LogP contribution in [0.5, 0.6) is 5.75 Å². The first kappa shape index (κ1) is 22.9. The molecular formula is C24H32FNO3. The number of unbranched alkanes of at least 4 members (excludes halogenated alkanes) is 5. The minimum atomic E-state index is -0.686. The highest BCUT2D eigenvalue weighted by atomic mass is 19.1. The van der Waals surface area contributed by atoms with Gasteiger partial charge in [-0.3, -0.25) is 4.79 Å². The Kier molecular flexibility index (Phi) is 9.62. The number of benzene rings is 1. The summed E-state index contributed by atoms with van der Waals surface area (Å²) >= 11 is 0. The lowest BCUT2D eigenvalue weighted by molar-refractivity contribution is -0.144. The zero-order chi connectivity index (χ0) is 21.1. The van der Waals surface area contributed by atoms with Gasteiger partial charge in [0.05, 0.1) is 24.8 Å². The first-order chi connectivity index (χ1) is 14.1. The summed E-state index contributed by atoms with van der Waals surface area (Å²) in [6, 6.07) is 10.8. The molecule has 2 aromatic rings. The number of nitrogens with zero attached hydrogens (tertiary/aromatic N) is 1. The third-order valence-corrected chi connectivity index (χ3v) is 4.90. The Bertz CT molecular complexity index is 761. The second-order valence-corrected chi connectivity index (χ2v) is 7.19. The van der Waals surface area contributed by atoms with Crippen molar-refractivity contribution < 1.29 is 18.7 Å². The first-order valence-corrected chi connectivity index (χ1v) is 10.6. The second kappa shape index (κ2) is 12.2. The molecule has 5 heteroatoms. The molecule has 0 bridgehead atoms. The molecule has 4 nitrogen and oxygen atoms in total. The van der Waals surface area contributed by atoms with Crippen molar-refractivity contribution in [1.82, 2.24) is 4.98 Å². The van der Waals surface area contributed by atoms with Crippen molar-refractivity contribution in [3.63, 3.8) is 0 Å². The summed E-state index contributed by atoms with van der Waals surface area (Å²) in [5, 5.41) is 0. The van der Waals surface area contributed by atoms with Gasteiger partial charge in [-0.15, -0.1) is 0 Å². The number of pyridine rings is 1. The molecule has 1 unspecified atom stereocenters. The van der Waals surface area contributed by atoms with Crippen LogP contribution in [0.15, 0.2) is 36.4 Å². The molecule has 0 saturated heterocycles. The molecule has 0 amide bonds. The fourth-order valence-electron chi connectivity index (χ4n) is 3.12. The Morgan fingerprint density at radius 2 is 1.69 bits per heavy atom. The van der Waals surface area contributed by atoms with Gasteiger partial charge < -0.3 is 9.47 Å². The second-order valence-electron chi connectivity index (χ2n) is 7.19. The van der Waals surface area contributed by atoms with Crippen molar-refractivity contribution in [3.8, 4) is 17.0 Å². The van der Waals surface area contributed by atoms with Crippen LogP contribution in [0.4, 0.5) is 4.39 Å². The van der Waals surface area contributed by atoms with Crippen LogP contribution in [-0.2, 0) is 9.53 Å². The van der Waals surface area contributed by atoms with E-state index >= 15 is 0 Å². The van der Waals surface area contributed by atoms with E-state index < -0.39 is 17.8 Å². The van der Waals surface area contributed by atoms with Gasteiger partial charge >= 0.3 is 5.97 Å². The Morgan fingerprint density at radius 3 is 2.34 bits per heavy atom. The number of esters is 1. The van der Waals surface area contributed by atoms with Gasteiger partial charge in [-0.25, -0.2) is 4.98 Å². The molecule has 1 atom stereocenters. The van der Waals surface area contributed by atoms with Crippen molar-refractivity contribution in [2.75, 3.05) is 13.2 Å². The number of hydrogen-bond acceptors (Lipinski definition) is 4. The number of ether oxygens (including phenoxy) is 2. The molecule has 0 aliphatic heterocycles. The number of carbonyl (C=O) groups excluding carboxylic acids is 1. The monoisotopic (exact) mass is 401 g/mol. The molecule has 0 N–H and O–H groups in total. The highest BCUT2D eigenvalue weighted by Crippen LogP contribution is 2.25. The van der Waals surface area contributed by atoms with E-state index in [9.17, 15) is 9.18 Å². The number of hydrogen-bond donors (Lipinski definition) is 0. The van der Waals surface area contributed by atoms with Gasteiger partial charge in [0.15, 0.2) is 0 Å². The van der Waals surface area contributed by atoms with E-state index in [-0.39, 0.29) is 12.2 Å². The summed E-state index contributed by atoms with van der Waals surface area (Å²) in [5.74, 6) is -0.983. The normalized spacial score (nSPS) is 11.9. The fraction of sp³-hybridized carbons (Fsp3) is 0.500. The Labute approximate surface area is 173 Å². The maximum Gasteiger partial charge on any atom is 0.313 e. The molecule has 29 heavy (non-hydrogen) atoms. The van der Waals surface area contributed by atoms with Crippen LogP contribution in [0.25, 0.3) is 11.3 Å². The summed E-state index contributed by atoms with van der Waals surface area (Å²) < 4.78 is 25.2. The van der Waals surface area contributed by atoms with E-state index in [2.05, 4.69) is 11.9 Å². The molecule has 0 spiro atoms. The molecule has 2 rings (SSSR count). The van der Waals surface area contributed by atoms with Gasteiger partial charge in [0.25, 0.3) is 0 Å². The average Bonchev–Trinajstić information content (AvgIpc) is 2.73. The number of carbonyl (C=O) groups is 1. The van der Waals surface area contributed by atoms with Gasteiger partial charge in [0.2, 0.25) is 5.95 Å². The molecule has 1 heterocycles.